The summed E-state index contributed by atoms with van der Waals surface area (Å²) >= 11 is 0. The van der Waals surface area contributed by atoms with Crippen LogP contribution >= 0.6 is 0 Å². The lowest BCUT2D eigenvalue weighted by Crippen LogP contribution is -2.21. The maximum absolute atomic E-state index is 13.2. The zero-order chi connectivity index (χ0) is 19.7. The number of nitrogens with one attached hydrogen (secondary N) is 1. The van der Waals surface area contributed by atoms with Crippen LogP contribution in [0.25, 0.3) is 16.7 Å². The Hall–Kier alpha value is -3.48. The third kappa shape index (κ3) is 3.38. The minimum Gasteiger partial charge on any atom is -0.318 e. The second kappa shape index (κ2) is 7.26. The summed E-state index contributed by atoms with van der Waals surface area (Å²) in [6.07, 6.45) is 0.731. The summed E-state index contributed by atoms with van der Waals surface area (Å²) in [4.78, 5) is 17.4. The van der Waals surface area contributed by atoms with E-state index in [0.29, 0.717) is 11.5 Å². The molecule has 0 spiro atoms. The molecule has 2 aromatic carbocycles. The Morgan fingerprint density at radius 3 is 2.64 bits per heavy atom. The standard InChI is InChI=1S/C21H20FN5O/c1-3-19-23-17-6-4-5-7-18(17)26(19)13-21(28)24-20-12-14(2)25-27(20)16-10-8-15(22)9-11-16/h4-12H,3,13H2,1-2H3,(H,24,28). The molecule has 4 rings (SSSR count). The molecular formula is C21H20FN5O. The van der Waals surface area contributed by atoms with Crippen molar-refractivity contribution in [2.45, 2.75) is 26.8 Å². The van der Waals surface area contributed by atoms with Gasteiger partial charge in [-0.3, -0.25) is 4.79 Å². The first-order valence-electron chi connectivity index (χ1n) is 9.11. The molecule has 0 unspecified atom stereocenters. The van der Waals surface area contributed by atoms with Crippen LogP contribution in [0.4, 0.5) is 10.2 Å². The summed E-state index contributed by atoms with van der Waals surface area (Å²) < 4.78 is 16.7. The average Bonchev–Trinajstić information content (AvgIpc) is 3.22. The van der Waals surface area contributed by atoms with Crippen molar-refractivity contribution in [3.8, 4) is 5.69 Å². The molecule has 1 amide bonds. The van der Waals surface area contributed by atoms with Crippen molar-refractivity contribution >= 4 is 22.8 Å². The van der Waals surface area contributed by atoms with Gasteiger partial charge in [0.05, 0.1) is 22.4 Å². The van der Waals surface area contributed by atoms with E-state index in [4.69, 9.17) is 0 Å². The Morgan fingerprint density at radius 1 is 1.14 bits per heavy atom. The van der Waals surface area contributed by atoms with Gasteiger partial charge in [0.1, 0.15) is 24.0 Å². The molecule has 0 atom stereocenters. The molecule has 2 aromatic heterocycles. The van der Waals surface area contributed by atoms with Gasteiger partial charge >= 0.3 is 0 Å². The number of para-hydroxylation sites is 2. The van der Waals surface area contributed by atoms with Gasteiger partial charge < -0.3 is 9.88 Å². The van der Waals surface area contributed by atoms with Crippen LogP contribution in [-0.2, 0) is 17.8 Å². The van der Waals surface area contributed by atoms with E-state index in [2.05, 4.69) is 15.4 Å². The first-order chi connectivity index (χ1) is 13.5. The molecule has 6 nitrogen and oxygen atoms in total. The van der Waals surface area contributed by atoms with Crippen LogP contribution in [0.1, 0.15) is 18.4 Å². The van der Waals surface area contributed by atoms with Crippen molar-refractivity contribution in [2.75, 3.05) is 5.32 Å². The van der Waals surface area contributed by atoms with Crippen molar-refractivity contribution in [1.29, 1.82) is 0 Å². The molecule has 4 aromatic rings. The minimum absolute atomic E-state index is 0.150. The second-order valence-corrected chi connectivity index (χ2v) is 6.56. The van der Waals surface area contributed by atoms with E-state index >= 15 is 0 Å². The van der Waals surface area contributed by atoms with Crippen molar-refractivity contribution in [3.63, 3.8) is 0 Å². The van der Waals surface area contributed by atoms with Gasteiger partial charge in [-0.1, -0.05) is 19.1 Å². The number of fused-ring (bicyclic) bond motifs is 1. The van der Waals surface area contributed by atoms with Gasteiger partial charge in [-0.05, 0) is 43.3 Å². The Balaban J connectivity index is 1.61. The largest absolute Gasteiger partial charge is 0.318 e. The second-order valence-electron chi connectivity index (χ2n) is 6.56. The van der Waals surface area contributed by atoms with E-state index in [9.17, 15) is 9.18 Å². The quantitative estimate of drug-likeness (QED) is 0.574. The summed E-state index contributed by atoms with van der Waals surface area (Å²) in [7, 11) is 0. The normalized spacial score (nSPS) is 11.1. The molecular weight excluding hydrogens is 357 g/mol. The number of aromatic nitrogens is 4. The number of anilines is 1. The Kier molecular flexibility index (Phi) is 4.65. The van der Waals surface area contributed by atoms with Gasteiger partial charge in [0.15, 0.2) is 0 Å². The summed E-state index contributed by atoms with van der Waals surface area (Å²) in [5.74, 6) is 0.898. The highest BCUT2D eigenvalue weighted by Gasteiger charge is 2.15. The number of hydrogen-bond donors (Lipinski definition) is 1. The lowest BCUT2D eigenvalue weighted by molar-refractivity contribution is -0.116. The van der Waals surface area contributed by atoms with E-state index in [0.717, 1.165) is 29.0 Å². The number of benzene rings is 2. The number of imidazole rings is 1. The lowest BCUT2D eigenvalue weighted by atomic mass is 10.3. The summed E-state index contributed by atoms with van der Waals surface area (Å²) in [5, 5.41) is 7.32. The van der Waals surface area contributed by atoms with Crippen LogP contribution in [0.2, 0.25) is 0 Å². The molecule has 2 heterocycles. The van der Waals surface area contributed by atoms with Crippen molar-refractivity contribution in [2.24, 2.45) is 0 Å². The van der Waals surface area contributed by atoms with Gasteiger partial charge in [0, 0.05) is 12.5 Å². The predicted octanol–water partition coefficient (Wildman–Crippen LogP) is 3.87. The molecule has 1 N–H and O–H groups in total. The molecule has 142 valence electrons. The Labute approximate surface area is 161 Å². The zero-order valence-electron chi connectivity index (χ0n) is 15.7. The van der Waals surface area contributed by atoms with Crippen LogP contribution in [0.5, 0.6) is 0 Å². The number of rotatable bonds is 5. The molecule has 0 aliphatic carbocycles. The fraction of sp³-hybridized carbons (Fsp3) is 0.190. The van der Waals surface area contributed by atoms with Crippen LogP contribution in [-0.4, -0.2) is 25.2 Å². The summed E-state index contributed by atoms with van der Waals surface area (Å²) in [6, 6.07) is 15.5. The molecule has 7 heteroatoms. The molecule has 28 heavy (non-hydrogen) atoms. The number of hydrogen-bond acceptors (Lipinski definition) is 3. The van der Waals surface area contributed by atoms with Crippen LogP contribution < -0.4 is 5.32 Å². The van der Waals surface area contributed by atoms with Crippen LogP contribution in [0.3, 0.4) is 0 Å². The predicted molar refractivity (Wildman–Crippen MR) is 106 cm³/mol. The highest BCUT2D eigenvalue weighted by Crippen LogP contribution is 2.19. The molecule has 0 aliphatic heterocycles. The number of carbonyl (C=O) groups excluding carboxylic acids is 1. The molecule has 0 saturated heterocycles. The first kappa shape index (κ1) is 17.9. The SMILES string of the molecule is CCc1nc2ccccc2n1CC(=O)Nc1cc(C)nn1-c1ccc(F)cc1. The smallest absolute Gasteiger partial charge is 0.245 e. The number of halogens is 1. The highest BCUT2D eigenvalue weighted by molar-refractivity contribution is 5.91. The maximum atomic E-state index is 13.2. The number of carbonyl (C=O) groups is 1. The Morgan fingerprint density at radius 2 is 1.89 bits per heavy atom. The summed E-state index contributed by atoms with van der Waals surface area (Å²) in [6.45, 7) is 4.01. The maximum Gasteiger partial charge on any atom is 0.245 e. The van der Waals surface area contributed by atoms with Gasteiger partial charge in [-0.2, -0.15) is 5.10 Å². The number of nitrogens with zero attached hydrogens (tertiary/aromatic N) is 4. The number of aryl methyl sites for hydroxylation is 2. The average molecular weight is 377 g/mol. The van der Waals surface area contributed by atoms with Crippen molar-refractivity contribution in [1.82, 2.24) is 19.3 Å². The van der Waals surface area contributed by atoms with Gasteiger partial charge in [-0.15, -0.1) is 0 Å². The third-order valence-electron chi connectivity index (χ3n) is 4.52. The van der Waals surface area contributed by atoms with E-state index < -0.39 is 0 Å². The summed E-state index contributed by atoms with van der Waals surface area (Å²) in [5.41, 5.74) is 3.23. The van der Waals surface area contributed by atoms with E-state index in [-0.39, 0.29) is 18.3 Å². The van der Waals surface area contributed by atoms with E-state index in [1.165, 1.54) is 12.1 Å². The van der Waals surface area contributed by atoms with Crippen LogP contribution in [0, 0.1) is 12.7 Å². The van der Waals surface area contributed by atoms with Crippen molar-refractivity contribution < 1.29 is 9.18 Å². The zero-order valence-corrected chi connectivity index (χ0v) is 15.7. The Bertz CT molecular complexity index is 1140. The molecule has 0 bridgehead atoms. The van der Waals surface area contributed by atoms with Crippen LogP contribution in [0.15, 0.2) is 54.6 Å². The van der Waals surface area contributed by atoms with E-state index in [1.807, 2.05) is 42.7 Å². The minimum atomic E-state index is -0.322. The fourth-order valence-corrected chi connectivity index (χ4v) is 3.27. The monoisotopic (exact) mass is 377 g/mol. The number of amides is 1. The van der Waals surface area contributed by atoms with Crippen molar-refractivity contribution in [3.05, 3.63) is 71.9 Å². The lowest BCUT2D eigenvalue weighted by Gasteiger charge is -2.11. The van der Waals surface area contributed by atoms with Gasteiger partial charge in [-0.25, -0.2) is 14.1 Å². The highest BCUT2D eigenvalue weighted by atomic mass is 19.1. The third-order valence-corrected chi connectivity index (χ3v) is 4.52. The molecule has 0 saturated carbocycles. The van der Waals surface area contributed by atoms with Gasteiger partial charge in [0.2, 0.25) is 5.91 Å². The topological polar surface area (TPSA) is 64.7 Å². The fourth-order valence-electron chi connectivity index (χ4n) is 3.27. The van der Waals surface area contributed by atoms with Gasteiger partial charge in [0.25, 0.3) is 0 Å². The first-order valence-corrected chi connectivity index (χ1v) is 9.11. The molecule has 0 fully saturated rings. The van der Waals surface area contributed by atoms with E-state index in [1.54, 1.807) is 22.9 Å². The molecule has 0 radical (unpaired) electrons. The molecule has 0 aliphatic rings.